The van der Waals surface area contributed by atoms with Crippen molar-refractivity contribution in [3.63, 3.8) is 0 Å². The third-order valence-corrected chi connectivity index (χ3v) is 2.40. The molecule has 0 aliphatic heterocycles. The first-order valence-electron chi connectivity index (χ1n) is 4.72. The lowest BCUT2D eigenvalue weighted by Crippen LogP contribution is -2.14. The smallest absolute Gasteiger partial charge is 0.146 e. The summed E-state index contributed by atoms with van der Waals surface area (Å²) in [5.74, 6) is 0.0608. The molecule has 3 heteroatoms. The maximum atomic E-state index is 13.5. The number of rotatable bonds is 3. The highest BCUT2D eigenvalue weighted by Crippen LogP contribution is 2.25. The van der Waals surface area contributed by atoms with E-state index < -0.39 is 0 Å². The molecule has 0 aliphatic rings. The van der Waals surface area contributed by atoms with Crippen LogP contribution in [-0.4, -0.2) is 0 Å². The molecular formula is C11H15ClFN. The van der Waals surface area contributed by atoms with Gasteiger partial charge in [-0.2, -0.15) is 0 Å². The topological polar surface area (TPSA) is 26.0 Å². The monoisotopic (exact) mass is 215 g/mol. The second kappa shape index (κ2) is 4.76. The lowest BCUT2D eigenvalue weighted by molar-refractivity contribution is 0.489. The second-order valence-electron chi connectivity index (χ2n) is 3.88. The minimum absolute atomic E-state index is 0.140. The van der Waals surface area contributed by atoms with Crippen molar-refractivity contribution in [1.82, 2.24) is 0 Å². The van der Waals surface area contributed by atoms with Crippen molar-refractivity contribution in [2.24, 2.45) is 11.7 Å². The third kappa shape index (κ3) is 2.69. The van der Waals surface area contributed by atoms with Gasteiger partial charge >= 0.3 is 0 Å². The van der Waals surface area contributed by atoms with Crippen LogP contribution in [0.3, 0.4) is 0 Å². The zero-order valence-corrected chi connectivity index (χ0v) is 9.18. The molecular weight excluding hydrogens is 201 g/mol. The molecule has 0 saturated heterocycles. The van der Waals surface area contributed by atoms with Gasteiger partial charge in [0.05, 0.1) is 5.02 Å². The molecule has 0 amide bonds. The van der Waals surface area contributed by atoms with E-state index in [2.05, 4.69) is 13.8 Å². The van der Waals surface area contributed by atoms with Crippen LogP contribution in [0.5, 0.6) is 0 Å². The molecule has 0 fully saturated rings. The fourth-order valence-corrected chi connectivity index (χ4v) is 1.62. The van der Waals surface area contributed by atoms with Crippen molar-refractivity contribution in [3.05, 3.63) is 34.6 Å². The molecule has 0 bridgehead atoms. The summed E-state index contributed by atoms with van der Waals surface area (Å²) < 4.78 is 13.5. The van der Waals surface area contributed by atoms with Gasteiger partial charge in [-0.25, -0.2) is 4.39 Å². The van der Waals surface area contributed by atoms with Crippen molar-refractivity contribution in [3.8, 4) is 0 Å². The summed E-state index contributed by atoms with van der Waals surface area (Å²) in [5, 5.41) is 0.140. The molecule has 0 heterocycles. The highest BCUT2D eigenvalue weighted by Gasteiger charge is 2.14. The molecule has 1 unspecified atom stereocenters. The Balaban J connectivity index is 2.89. The van der Waals surface area contributed by atoms with Crippen molar-refractivity contribution in [1.29, 1.82) is 0 Å². The van der Waals surface area contributed by atoms with Crippen molar-refractivity contribution in [2.45, 2.75) is 26.3 Å². The van der Waals surface area contributed by atoms with Gasteiger partial charge in [0.25, 0.3) is 0 Å². The number of benzene rings is 1. The van der Waals surface area contributed by atoms with Crippen LogP contribution in [0.25, 0.3) is 0 Å². The molecule has 0 aliphatic carbocycles. The Morgan fingerprint density at radius 2 is 2.07 bits per heavy atom. The molecule has 0 aromatic heterocycles. The first kappa shape index (κ1) is 11.5. The zero-order chi connectivity index (χ0) is 10.7. The van der Waals surface area contributed by atoms with Gasteiger partial charge in [0.15, 0.2) is 0 Å². The van der Waals surface area contributed by atoms with Crippen LogP contribution in [0.1, 0.15) is 31.9 Å². The predicted molar refractivity (Wildman–Crippen MR) is 57.8 cm³/mol. The van der Waals surface area contributed by atoms with Gasteiger partial charge < -0.3 is 5.73 Å². The molecule has 0 radical (unpaired) electrons. The van der Waals surface area contributed by atoms with E-state index >= 15 is 0 Å². The molecule has 1 rings (SSSR count). The van der Waals surface area contributed by atoms with Crippen LogP contribution >= 0.6 is 11.6 Å². The van der Waals surface area contributed by atoms with Gasteiger partial charge in [-0.3, -0.25) is 0 Å². The average Bonchev–Trinajstić information content (AvgIpc) is 2.08. The van der Waals surface area contributed by atoms with Crippen molar-refractivity contribution >= 4 is 11.6 Å². The Labute approximate surface area is 89.1 Å². The van der Waals surface area contributed by atoms with Gasteiger partial charge in [-0.05, 0) is 18.4 Å². The van der Waals surface area contributed by atoms with Gasteiger partial charge in [-0.15, -0.1) is 0 Å². The Morgan fingerprint density at radius 3 is 2.64 bits per heavy atom. The summed E-state index contributed by atoms with van der Waals surface area (Å²) >= 11 is 5.66. The van der Waals surface area contributed by atoms with E-state index in [1.54, 1.807) is 12.1 Å². The van der Waals surface area contributed by atoms with Crippen LogP contribution in [0, 0.1) is 11.7 Å². The fourth-order valence-electron chi connectivity index (χ4n) is 1.44. The second-order valence-corrected chi connectivity index (χ2v) is 4.29. The van der Waals surface area contributed by atoms with E-state index in [9.17, 15) is 4.39 Å². The Bertz CT molecular complexity index is 312. The van der Waals surface area contributed by atoms with Crippen LogP contribution < -0.4 is 5.73 Å². The number of hydrogen-bond acceptors (Lipinski definition) is 1. The third-order valence-electron chi connectivity index (χ3n) is 2.11. The van der Waals surface area contributed by atoms with Gasteiger partial charge in [-0.1, -0.05) is 37.6 Å². The van der Waals surface area contributed by atoms with E-state index in [1.807, 2.05) is 0 Å². The van der Waals surface area contributed by atoms with Gasteiger partial charge in [0.2, 0.25) is 0 Å². The standard InChI is InChI=1S/C11H15ClFN/c1-7(2)6-10(14)8-4-3-5-9(12)11(8)13/h3-5,7,10H,6,14H2,1-2H3. The summed E-state index contributed by atoms with van der Waals surface area (Å²) in [6, 6.07) is 4.67. The molecule has 78 valence electrons. The van der Waals surface area contributed by atoms with Crippen LogP contribution in [-0.2, 0) is 0 Å². The molecule has 1 aromatic carbocycles. The first-order valence-corrected chi connectivity index (χ1v) is 5.09. The highest BCUT2D eigenvalue weighted by molar-refractivity contribution is 6.30. The van der Waals surface area contributed by atoms with Gasteiger partial charge in [0.1, 0.15) is 5.82 Å². The van der Waals surface area contributed by atoms with Crippen molar-refractivity contribution < 1.29 is 4.39 Å². The summed E-state index contributed by atoms with van der Waals surface area (Å²) in [6.07, 6.45) is 0.761. The zero-order valence-electron chi connectivity index (χ0n) is 8.43. The summed E-state index contributed by atoms with van der Waals surface area (Å²) in [5.41, 5.74) is 6.37. The van der Waals surface area contributed by atoms with Crippen LogP contribution in [0.2, 0.25) is 5.02 Å². The highest BCUT2D eigenvalue weighted by atomic mass is 35.5. The maximum absolute atomic E-state index is 13.5. The molecule has 1 aromatic rings. The minimum atomic E-state index is -0.387. The maximum Gasteiger partial charge on any atom is 0.146 e. The average molecular weight is 216 g/mol. The molecule has 14 heavy (non-hydrogen) atoms. The summed E-state index contributed by atoms with van der Waals surface area (Å²) in [6.45, 7) is 4.12. The van der Waals surface area contributed by atoms with Gasteiger partial charge in [0, 0.05) is 11.6 Å². The molecule has 1 atom stereocenters. The first-order chi connectivity index (χ1) is 6.52. The van der Waals surface area contributed by atoms with E-state index in [1.165, 1.54) is 6.07 Å². The van der Waals surface area contributed by atoms with E-state index in [0.717, 1.165) is 6.42 Å². The number of hydrogen-bond donors (Lipinski definition) is 1. The predicted octanol–water partition coefficient (Wildman–Crippen LogP) is 3.53. The molecule has 0 spiro atoms. The van der Waals surface area contributed by atoms with E-state index in [0.29, 0.717) is 11.5 Å². The Kier molecular flexibility index (Phi) is 3.90. The molecule has 0 saturated carbocycles. The number of nitrogens with two attached hydrogens (primary N) is 1. The Hall–Kier alpha value is -0.600. The van der Waals surface area contributed by atoms with Crippen LogP contribution in [0.15, 0.2) is 18.2 Å². The SMILES string of the molecule is CC(C)CC(N)c1cccc(Cl)c1F. The summed E-state index contributed by atoms with van der Waals surface area (Å²) in [4.78, 5) is 0. The normalized spacial score (nSPS) is 13.3. The summed E-state index contributed by atoms with van der Waals surface area (Å²) in [7, 11) is 0. The van der Waals surface area contributed by atoms with E-state index in [4.69, 9.17) is 17.3 Å². The molecule has 1 nitrogen and oxygen atoms in total. The number of halogens is 2. The Morgan fingerprint density at radius 1 is 1.43 bits per heavy atom. The largest absolute Gasteiger partial charge is 0.324 e. The lowest BCUT2D eigenvalue weighted by Gasteiger charge is -2.15. The van der Waals surface area contributed by atoms with Crippen molar-refractivity contribution in [2.75, 3.05) is 0 Å². The van der Waals surface area contributed by atoms with Crippen LogP contribution in [0.4, 0.5) is 4.39 Å². The fraction of sp³-hybridized carbons (Fsp3) is 0.455. The minimum Gasteiger partial charge on any atom is -0.324 e. The molecule has 2 N–H and O–H groups in total. The lowest BCUT2D eigenvalue weighted by atomic mass is 9.97. The quantitative estimate of drug-likeness (QED) is 0.820. The van der Waals surface area contributed by atoms with E-state index in [-0.39, 0.29) is 16.9 Å².